The molecule has 0 aliphatic heterocycles. The number of nitrogens with one attached hydrogen (secondary N) is 1. The normalized spacial score (nSPS) is 13.2. The molecule has 4 heteroatoms. The Bertz CT molecular complexity index is 82.1. The summed E-state index contributed by atoms with van der Waals surface area (Å²) in [5, 5.41) is 8.23. The Morgan fingerprint density at radius 2 is 2.50 bits per heavy atom. The van der Waals surface area contributed by atoms with E-state index < -0.39 is 12.0 Å². The fraction of sp³-hybridized carbons (Fsp3) is 0.750. The van der Waals surface area contributed by atoms with Crippen LogP contribution in [0.1, 0.15) is 13.3 Å². The third-order valence-electron chi connectivity index (χ3n) is 0.838. The predicted octanol–water partition coefficient (Wildman–Crippen LogP) is 0.593. The molecule has 0 fully saturated rings. The summed E-state index contributed by atoms with van der Waals surface area (Å²) in [6.45, 7) is 1.74. The molecule has 0 aromatic heterocycles. The SMILES string of the molecule is CC[C@H](NCl)C(=O)O. The Labute approximate surface area is 52.8 Å². The van der Waals surface area contributed by atoms with Gasteiger partial charge < -0.3 is 5.11 Å². The summed E-state index contributed by atoms with van der Waals surface area (Å²) in [7, 11) is 0. The standard InChI is InChI=1S/C4H8ClNO2/c1-2-3(6-5)4(7)8/h3,6H,2H2,1H3,(H,7,8)/t3-/m0/s1. The van der Waals surface area contributed by atoms with E-state index in [1.807, 2.05) is 0 Å². The molecule has 0 spiro atoms. The highest BCUT2D eigenvalue weighted by Crippen LogP contribution is 1.90. The van der Waals surface area contributed by atoms with Crippen molar-refractivity contribution in [2.24, 2.45) is 0 Å². The molecular weight excluding hydrogens is 130 g/mol. The first-order valence-corrected chi connectivity index (χ1v) is 2.69. The van der Waals surface area contributed by atoms with Gasteiger partial charge in [-0.2, -0.15) is 0 Å². The molecular formula is C4H8ClNO2. The van der Waals surface area contributed by atoms with Crippen LogP contribution in [-0.2, 0) is 4.79 Å². The van der Waals surface area contributed by atoms with Crippen LogP contribution in [0.2, 0.25) is 0 Å². The third-order valence-corrected chi connectivity index (χ3v) is 1.10. The van der Waals surface area contributed by atoms with Crippen LogP contribution in [0.4, 0.5) is 0 Å². The molecule has 0 heterocycles. The van der Waals surface area contributed by atoms with E-state index in [1.165, 1.54) is 0 Å². The molecule has 0 amide bonds. The Hall–Kier alpha value is -0.280. The quantitative estimate of drug-likeness (QED) is 0.560. The van der Waals surface area contributed by atoms with Crippen LogP contribution >= 0.6 is 11.8 Å². The summed E-state index contributed by atoms with van der Waals surface area (Å²) in [5.74, 6) is -0.914. The molecule has 0 radical (unpaired) electrons. The molecule has 2 N–H and O–H groups in total. The van der Waals surface area contributed by atoms with Gasteiger partial charge in [0.1, 0.15) is 6.04 Å². The van der Waals surface area contributed by atoms with Gasteiger partial charge in [0.25, 0.3) is 0 Å². The van der Waals surface area contributed by atoms with Crippen LogP contribution in [0.3, 0.4) is 0 Å². The van der Waals surface area contributed by atoms with E-state index >= 15 is 0 Å². The monoisotopic (exact) mass is 137 g/mol. The number of hydrogen-bond donors (Lipinski definition) is 2. The number of hydrogen-bond acceptors (Lipinski definition) is 2. The van der Waals surface area contributed by atoms with E-state index in [0.717, 1.165) is 0 Å². The van der Waals surface area contributed by atoms with E-state index in [9.17, 15) is 4.79 Å². The van der Waals surface area contributed by atoms with Crippen LogP contribution in [0, 0.1) is 0 Å². The molecule has 0 unspecified atom stereocenters. The fourth-order valence-electron chi connectivity index (χ4n) is 0.298. The topological polar surface area (TPSA) is 49.3 Å². The van der Waals surface area contributed by atoms with E-state index in [-0.39, 0.29) is 0 Å². The van der Waals surface area contributed by atoms with E-state index in [2.05, 4.69) is 4.84 Å². The third kappa shape index (κ3) is 2.14. The smallest absolute Gasteiger partial charge is 0.321 e. The van der Waals surface area contributed by atoms with Crippen LogP contribution in [0.25, 0.3) is 0 Å². The van der Waals surface area contributed by atoms with Crippen molar-refractivity contribution in [3.63, 3.8) is 0 Å². The number of aliphatic carboxylic acids is 1. The second-order valence-electron chi connectivity index (χ2n) is 1.41. The van der Waals surface area contributed by atoms with Crippen molar-refractivity contribution in [3.05, 3.63) is 0 Å². The molecule has 0 aliphatic carbocycles. The summed E-state index contributed by atoms with van der Waals surface area (Å²) in [6.07, 6.45) is 0.499. The average molecular weight is 138 g/mol. The Morgan fingerprint density at radius 3 is 2.50 bits per heavy atom. The van der Waals surface area contributed by atoms with E-state index in [4.69, 9.17) is 16.9 Å². The highest BCUT2D eigenvalue weighted by molar-refractivity contribution is 6.14. The van der Waals surface area contributed by atoms with Gasteiger partial charge in [0, 0.05) is 0 Å². The van der Waals surface area contributed by atoms with Crippen molar-refractivity contribution in [2.75, 3.05) is 0 Å². The zero-order valence-corrected chi connectivity index (χ0v) is 5.27. The molecule has 0 bridgehead atoms. The maximum atomic E-state index is 10.0. The highest BCUT2D eigenvalue weighted by atomic mass is 35.5. The van der Waals surface area contributed by atoms with Gasteiger partial charge in [0.05, 0.1) is 0 Å². The molecule has 0 saturated carbocycles. The van der Waals surface area contributed by atoms with Gasteiger partial charge in [0.2, 0.25) is 0 Å². The molecule has 8 heavy (non-hydrogen) atoms. The summed E-state index contributed by atoms with van der Waals surface area (Å²) in [6, 6.07) is -0.614. The molecule has 0 rings (SSSR count). The first-order valence-electron chi connectivity index (χ1n) is 2.31. The molecule has 0 aliphatic rings. The minimum Gasteiger partial charge on any atom is -0.480 e. The minimum absolute atomic E-state index is 0.499. The van der Waals surface area contributed by atoms with E-state index in [1.54, 1.807) is 6.92 Å². The number of carboxylic acid groups (broad SMARTS) is 1. The second-order valence-corrected chi connectivity index (χ2v) is 1.63. The molecule has 0 saturated heterocycles. The van der Waals surface area contributed by atoms with Crippen molar-refractivity contribution in [2.45, 2.75) is 19.4 Å². The van der Waals surface area contributed by atoms with Crippen molar-refractivity contribution in [1.29, 1.82) is 0 Å². The first-order chi connectivity index (χ1) is 3.72. The summed E-state index contributed by atoms with van der Waals surface area (Å²) >= 11 is 5.03. The maximum Gasteiger partial charge on any atom is 0.321 e. The summed E-state index contributed by atoms with van der Waals surface area (Å²) in [5.41, 5.74) is 0. The van der Waals surface area contributed by atoms with Crippen LogP contribution in [-0.4, -0.2) is 17.1 Å². The lowest BCUT2D eigenvalue weighted by Crippen LogP contribution is -2.29. The van der Waals surface area contributed by atoms with Gasteiger partial charge in [-0.1, -0.05) is 6.92 Å². The molecule has 0 aromatic carbocycles. The van der Waals surface area contributed by atoms with Crippen molar-refractivity contribution < 1.29 is 9.90 Å². The van der Waals surface area contributed by atoms with Gasteiger partial charge in [-0.15, -0.1) is 0 Å². The minimum atomic E-state index is -0.914. The number of carbonyl (C=O) groups is 1. The lowest BCUT2D eigenvalue weighted by atomic mass is 10.2. The molecule has 48 valence electrons. The maximum absolute atomic E-state index is 10.0. The number of rotatable bonds is 3. The lowest BCUT2D eigenvalue weighted by Gasteiger charge is -2.02. The van der Waals surface area contributed by atoms with Crippen molar-refractivity contribution in [1.82, 2.24) is 4.84 Å². The predicted molar refractivity (Wildman–Crippen MR) is 30.7 cm³/mol. The number of carboxylic acids is 1. The summed E-state index contributed by atoms with van der Waals surface area (Å²) < 4.78 is 0. The zero-order chi connectivity index (χ0) is 6.57. The first kappa shape index (κ1) is 7.72. The van der Waals surface area contributed by atoms with Crippen molar-refractivity contribution >= 4 is 17.7 Å². The van der Waals surface area contributed by atoms with Crippen LogP contribution in [0.5, 0.6) is 0 Å². The highest BCUT2D eigenvalue weighted by Gasteiger charge is 2.11. The zero-order valence-electron chi connectivity index (χ0n) is 4.52. The van der Waals surface area contributed by atoms with Gasteiger partial charge >= 0.3 is 5.97 Å². The van der Waals surface area contributed by atoms with Crippen LogP contribution < -0.4 is 4.84 Å². The van der Waals surface area contributed by atoms with Gasteiger partial charge in [0.15, 0.2) is 0 Å². The average Bonchev–Trinajstić information content (AvgIpc) is 1.69. The Balaban J connectivity index is 3.52. The molecule has 0 aromatic rings. The molecule has 3 nitrogen and oxygen atoms in total. The fourth-order valence-corrected chi connectivity index (χ4v) is 0.546. The number of halogens is 1. The van der Waals surface area contributed by atoms with Crippen LogP contribution in [0.15, 0.2) is 0 Å². The van der Waals surface area contributed by atoms with Gasteiger partial charge in [-0.25, -0.2) is 4.84 Å². The van der Waals surface area contributed by atoms with Crippen molar-refractivity contribution in [3.8, 4) is 0 Å². The Morgan fingerprint density at radius 1 is 2.00 bits per heavy atom. The van der Waals surface area contributed by atoms with Gasteiger partial charge in [-0.05, 0) is 18.2 Å². The van der Waals surface area contributed by atoms with Gasteiger partial charge in [-0.3, -0.25) is 4.79 Å². The second kappa shape index (κ2) is 3.69. The molecule has 1 atom stereocenters. The summed E-state index contributed by atoms with van der Waals surface area (Å²) in [4.78, 5) is 12.1. The Kier molecular flexibility index (Phi) is 3.56. The lowest BCUT2D eigenvalue weighted by molar-refractivity contribution is -0.139. The van der Waals surface area contributed by atoms with E-state index in [0.29, 0.717) is 6.42 Å². The largest absolute Gasteiger partial charge is 0.480 e.